The van der Waals surface area contributed by atoms with Crippen LogP contribution in [-0.2, 0) is 10.1 Å². The number of Topliss-reactive ketones (excluding diaryl/α,β-unsaturated/α-hetero) is 1. The van der Waals surface area contributed by atoms with Crippen molar-refractivity contribution >= 4 is 22.1 Å². The van der Waals surface area contributed by atoms with Crippen molar-refractivity contribution in [1.82, 2.24) is 0 Å². The van der Waals surface area contributed by atoms with Crippen molar-refractivity contribution in [3.05, 3.63) is 59.7 Å². The maximum atomic E-state index is 12.1. The van der Waals surface area contributed by atoms with Crippen LogP contribution in [0.1, 0.15) is 15.9 Å². The fourth-order valence-electron chi connectivity index (χ4n) is 1.66. The highest BCUT2D eigenvalue weighted by atomic mass is 32.2. The van der Waals surface area contributed by atoms with Gasteiger partial charge in [-0.05, 0) is 31.2 Å². The highest BCUT2D eigenvalue weighted by Gasteiger charge is 2.17. The van der Waals surface area contributed by atoms with E-state index in [0.29, 0.717) is 6.21 Å². The summed E-state index contributed by atoms with van der Waals surface area (Å²) in [4.78, 5) is 11.4. The lowest BCUT2D eigenvalue weighted by Crippen LogP contribution is -2.10. The molecule has 0 bridgehead atoms. The van der Waals surface area contributed by atoms with E-state index < -0.39 is 15.9 Å². The SMILES string of the molecule is Cc1ccc(S(=O)(=O)Oc2cccc(C(=O)C=N)c2)cc1. The second-order valence-electron chi connectivity index (χ2n) is 4.39. The Balaban J connectivity index is 2.30. The Kier molecular flexibility index (Phi) is 4.18. The standard InChI is InChI=1S/C15H13NO4S/c1-11-5-7-14(8-6-11)21(18,19)20-13-4-2-3-12(9-13)15(17)10-16/h2-10,16H,1H3. The third-order valence-electron chi connectivity index (χ3n) is 2.77. The van der Waals surface area contributed by atoms with Crippen LogP contribution in [0.15, 0.2) is 53.4 Å². The van der Waals surface area contributed by atoms with Crippen LogP contribution in [0.3, 0.4) is 0 Å². The van der Waals surface area contributed by atoms with Gasteiger partial charge in [-0.25, -0.2) is 0 Å². The minimum atomic E-state index is -3.95. The number of carbonyl (C=O) groups excluding carboxylic acids is 1. The van der Waals surface area contributed by atoms with Gasteiger partial charge < -0.3 is 9.59 Å². The Bertz CT molecular complexity index is 780. The number of hydrogen-bond donors (Lipinski definition) is 1. The molecule has 0 saturated heterocycles. The molecule has 0 unspecified atom stereocenters. The first-order valence-electron chi connectivity index (χ1n) is 6.08. The van der Waals surface area contributed by atoms with E-state index >= 15 is 0 Å². The van der Waals surface area contributed by atoms with Gasteiger partial charge in [0.05, 0.1) is 6.21 Å². The second kappa shape index (κ2) is 5.88. The van der Waals surface area contributed by atoms with Gasteiger partial charge in [-0.3, -0.25) is 4.79 Å². The van der Waals surface area contributed by atoms with E-state index in [0.717, 1.165) is 5.56 Å². The molecule has 6 heteroatoms. The molecule has 2 aromatic carbocycles. The van der Waals surface area contributed by atoms with Crippen molar-refractivity contribution in [3.8, 4) is 5.75 Å². The predicted molar refractivity (Wildman–Crippen MR) is 78.5 cm³/mol. The summed E-state index contributed by atoms with van der Waals surface area (Å²) in [5, 5.41) is 6.92. The first-order chi connectivity index (χ1) is 9.92. The molecule has 2 aromatic rings. The number of hydrogen-bond acceptors (Lipinski definition) is 5. The van der Waals surface area contributed by atoms with Crippen LogP contribution in [0.4, 0.5) is 0 Å². The lowest BCUT2D eigenvalue weighted by Gasteiger charge is -2.08. The van der Waals surface area contributed by atoms with E-state index in [1.807, 2.05) is 6.92 Å². The molecule has 0 spiro atoms. The molecule has 0 aromatic heterocycles. The summed E-state index contributed by atoms with van der Waals surface area (Å²) < 4.78 is 29.2. The summed E-state index contributed by atoms with van der Waals surface area (Å²) in [5.41, 5.74) is 1.13. The fraction of sp³-hybridized carbons (Fsp3) is 0.0667. The Hall–Kier alpha value is -2.47. The maximum absolute atomic E-state index is 12.1. The Morgan fingerprint density at radius 3 is 2.43 bits per heavy atom. The van der Waals surface area contributed by atoms with Crippen LogP contribution in [-0.4, -0.2) is 20.4 Å². The zero-order chi connectivity index (χ0) is 15.5. The largest absolute Gasteiger partial charge is 0.379 e. The molecule has 1 N–H and O–H groups in total. The molecule has 0 aliphatic rings. The van der Waals surface area contributed by atoms with Crippen LogP contribution in [0, 0.1) is 12.3 Å². The number of nitrogens with one attached hydrogen (secondary N) is 1. The van der Waals surface area contributed by atoms with Gasteiger partial charge in [0.1, 0.15) is 10.6 Å². The highest BCUT2D eigenvalue weighted by molar-refractivity contribution is 7.87. The molecule has 0 aliphatic carbocycles. The molecule has 108 valence electrons. The smallest absolute Gasteiger partial charge is 0.339 e. The number of benzene rings is 2. The third-order valence-corrected chi connectivity index (χ3v) is 4.03. The molecule has 0 aliphatic heterocycles. The van der Waals surface area contributed by atoms with Gasteiger partial charge in [0.2, 0.25) is 5.78 Å². The van der Waals surface area contributed by atoms with E-state index in [2.05, 4.69) is 0 Å². The molecule has 0 heterocycles. The molecule has 0 saturated carbocycles. The molecule has 0 fully saturated rings. The van der Waals surface area contributed by atoms with Crippen LogP contribution in [0.5, 0.6) is 5.75 Å². The molecule has 5 nitrogen and oxygen atoms in total. The van der Waals surface area contributed by atoms with Gasteiger partial charge in [0, 0.05) is 5.56 Å². The van der Waals surface area contributed by atoms with Crippen LogP contribution < -0.4 is 4.18 Å². The molecule has 2 rings (SSSR count). The molecular formula is C15H13NO4S. The van der Waals surface area contributed by atoms with Crippen LogP contribution in [0.2, 0.25) is 0 Å². The van der Waals surface area contributed by atoms with Gasteiger partial charge in [-0.1, -0.05) is 29.8 Å². The zero-order valence-corrected chi connectivity index (χ0v) is 12.1. The lowest BCUT2D eigenvalue weighted by atomic mass is 10.1. The van der Waals surface area contributed by atoms with Gasteiger partial charge in [-0.2, -0.15) is 8.42 Å². The van der Waals surface area contributed by atoms with E-state index in [4.69, 9.17) is 9.59 Å². The van der Waals surface area contributed by atoms with Gasteiger partial charge >= 0.3 is 10.1 Å². The summed E-state index contributed by atoms with van der Waals surface area (Å²) in [5.74, 6) is -0.489. The zero-order valence-electron chi connectivity index (χ0n) is 11.2. The van der Waals surface area contributed by atoms with Crippen molar-refractivity contribution in [2.24, 2.45) is 0 Å². The number of carbonyl (C=O) groups is 1. The normalized spacial score (nSPS) is 10.9. The van der Waals surface area contributed by atoms with Crippen molar-refractivity contribution in [1.29, 1.82) is 5.41 Å². The Morgan fingerprint density at radius 2 is 1.81 bits per heavy atom. The number of aryl methyl sites for hydroxylation is 1. The van der Waals surface area contributed by atoms with E-state index in [1.165, 1.54) is 36.4 Å². The Labute approximate surface area is 122 Å². The van der Waals surface area contributed by atoms with Crippen molar-refractivity contribution in [2.45, 2.75) is 11.8 Å². The highest BCUT2D eigenvalue weighted by Crippen LogP contribution is 2.20. The summed E-state index contributed by atoms with van der Waals surface area (Å²) in [6.45, 7) is 1.85. The second-order valence-corrected chi connectivity index (χ2v) is 5.93. The average molecular weight is 303 g/mol. The Morgan fingerprint density at radius 1 is 1.14 bits per heavy atom. The number of rotatable bonds is 5. The minimum Gasteiger partial charge on any atom is -0.379 e. The monoisotopic (exact) mass is 303 g/mol. The molecule has 0 radical (unpaired) electrons. The molecule has 21 heavy (non-hydrogen) atoms. The number of ketones is 1. The predicted octanol–water partition coefficient (Wildman–Crippen LogP) is 2.59. The third kappa shape index (κ3) is 3.55. The quantitative estimate of drug-likeness (QED) is 0.522. The fourth-order valence-corrected chi connectivity index (χ4v) is 2.59. The van der Waals surface area contributed by atoms with Gasteiger partial charge in [0.15, 0.2) is 0 Å². The topological polar surface area (TPSA) is 84.3 Å². The maximum Gasteiger partial charge on any atom is 0.339 e. The summed E-state index contributed by atoms with van der Waals surface area (Å²) in [6.07, 6.45) is 0.660. The summed E-state index contributed by atoms with van der Waals surface area (Å²) >= 11 is 0. The minimum absolute atomic E-state index is 0.0308. The summed E-state index contributed by atoms with van der Waals surface area (Å²) in [6, 6.07) is 12.0. The van der Waals surface area contributed by atoms with Gasteiger partial charge in [0.25, 0.3) is 0 Å². The molecular weight excluding hydrogens is 290 g/mol. The van der Waals surface area contributed by atoms with Gasteiger partial charge in [-0.15, -0.1) is 0 Å². The van der Waals surface area contributed by atoms with Crippen molar-refractivity contribution < 1.29 is 17.4 Å². The van der Waals surface area contributed by atoms with Crippen LogP contribution >= 0.6 is 0 Å². The van der Waals surface area contributed by atoms with E-state index in [9.17, 15) is 13.2 Å². The first kappa shape index (κ1) is 14.9. The first-order valence-corrected chi connectivity index (χ1v) is 7.49. The van der Waals surface area contributed by atoms with Crippen LogP contribution in [0.25, 0.3) is 0 Å². The van der Waals surface area contributed by atoms with E-state index in [1.54, 1.807) is 12.1 Å². The lowest BCUT2D eigenvalue weighted by molar-refractivity contribution is 0.107. The van der Waals surface area contributed by atoms with Crippen molar-refractivity contribution in [3.63, 3.8) is 0 Å². The summed E-state index contributed by atoms with van der Waals surface area (Å²) in [7, 11) is -3.95. The molecule has 0 atom stereocenters. The average Bonchev–Trinajstić information content (AvgIpc) is 2.46. The molecule has 0 amide bonds. The van der Waals surface area contributed by atoms with Crippen molar-refractivity contribution in [2.75, 3.05) is 0 Å². The van der Waals surface area contributed by atoms with E-state index in [-0.39, 0.29) is 16.2 Å².